The van der Waals surface area contributed by atoms with E-state index in [0.717, 1.165) is 50.9 Å². The van der Waals surface area contributed by atoms with E-state index in [1.807, 2.05) is 13.0 Å². The zero-order chi connectivity index (χ0) is 14.9. The van der Waals surface area contributed by atoms with Crippen molar-refractivity contribution >= 4 is 29.9 Å². The normalized spacial score (nSPS) is 16.5. The summed E-state index contributed by atoms with van der Waals surface area (Å²) in [5.41, 5.74) is 0.965. The maximum atomic E-state index is 12.2. The number of hydrogen-bond acceptors (Lipinski definition) is 4. The molecule has 0 aromatic carbocycles. The summed E-state index contributed by atoms with van der Waals surface area (Å²) < 4.78 is 17.0. The Labute approximate surface area is 148 Å². The summed E-state index contributed by atoms with van der Waals surface area (Å²) >= 11 is 0. The first-order valence-corrected chi connectivity index (χ1v) is 7.54. The van der Waals surface area contributed by atoms with Gasteiger partial charge in [0.25, 0.3) is 0 Å². The van der Waals surface area contributed by atoms with Gasteiger partial charge in [-0.25, -0.2) is 0 Å². The largest absolute Gasteiger partial charge is 0.364 e. The van der Waals surface area contributed by atoms with Gasteiger partial charge in [-0.15, -0.1) is 24.0 Å². The van der Waals surface area contributed by atoms with Crippen LogP contribution in [0, 0.1) is 0 Å². The number of hydrogen-bond donors (Lipinski definition) is 1. The van der Waals surface area contributed by atoms with Gasteiger partial charge in [-0.3, -0.25) is 14.3 Å². The first-order chi connectivity index (χ1) is 10.3. The zero-order valence-corrected chi connectivity index (χ0v) is 15.3. The number of alkyl halides is 1. The second-order valence-corrected chi connectivity index (χ2v) is 5.03. The van der Waals surface area contributed by atoms with Gasteiger partial charge < -0.3 is 14.7 Å². The third-order valence-electron chi connectivity index (χ3n) is 3.44. The van der Waals surface area contributed by atoms with Crippen molar-refractivity contribution in [3.63, 3.8) is 0 Å². The molecule has 0 spiro atoms. The molecule has 1 fully saturated rings. The molecule has 2 rings (SSSR count). The monoisotopic (exact) mass is 425 g/mol. The van der Waals surface area contributed by atoms with Crippen molar-refractivity contribution in [3.8, 4) is 0 Å². The van der Waals surface area contributed by atoms with E-state index in [4.69, 9.17) is 4.52 Å². The molecule has 6 nitrogen and oxygen atoms in total. The van der Waals surface area contributed by atoms with E-state index < -0.39 is 0 Å². The van der Waals surface area contributed by atoms with Crippen molar-refractivity contribution in [1.82, 2.24) is 20.3 Å². The minimum absolute atomic E-state index is 0. The van der Waals surface area contributed by atoms with Gasteiger partial charge in [-0.1, -0.05) is 5.16 Å². The topological polar surface area (TPSA) is 56.9 Å². The molecule has 0 aliphatic carbocycles. The van der Waals surface area contributed by atoms with Crippen LogP contribution in [-0.2, 0) is 6.54 Å². The lowest BCUT2D eigenvalue weighted by Crippen LogP contribution is -2.52. The van der Waals surface area contributed by atoms with E-state index in [-0.39, 0.29) is 30.7 Å². The molecule has 22 heavy (non-hydrogen) atoms. The molecular formula is C14H25FIN5O. The molecule has 2 heterocycles. The van der Waals surface area contributed by atoms with Crippen LogP contribution in [-0.4, -0.2) is 66.9 Å². The molecule has 0 radical (unpaired) electrons. The Hall–Kier alpha value is -0.900. The average molecular weight is 425 g/mol. The summed E-state index contributed by atoms with van der Waals surface area (Å²) in [4.78, 5) is 9.06. The average Bonchev–Trinajstić information content (AvgIpc) is 3.00. The fourth-order valence-corrected chi connectivity index (χ4v) is 2.34. The SMILES string of the molecule is CCNC(=NCCCF)N1CCN(Cc2ccon2)CC1.I. The molecular weight excluding hydrogens is 400 g/mol. The van der Waals surface area contributed by atoms with Crippen LogP contribution in [0.25, 0.3) is 0 Å². The number of nitrogens with zero attached hydrogens (tertiary/aromatic N) is 4. The second-order valence-electron chi connectivity index (χ2n) is 5.03. The lowest BCUT2D eigenvalue weighted by atomic mass is 10.3. The summed E-state index contributed by atoms with van der Waals surface area (Å²) in [7, 11) is 0. The fraction of sp³-hybridized carbons (Fsp3) is 0.714. The summed E-state index contributed by atoms with van der Waals surface area (Å²) in [6.45, 7) is 7.67. The van der Waals surface area contributed by atoms with Gasteiger partial charge in [0.15, 0.2) is 5.96 Å². The van der Waals surface area contributed by atoms with Crippen LogP contribution in [0.2, 0.25) is 0 Å². The number of halogens is 2. The van der Waals surface area contributed by atoms with Gasteiger partial charge in [0.1, 0.15) is 6.26 Å². The number of rotatable bonds is 6. The van der Waals surface area contributed by atoms with Crippen molar-refractivity contribution in [2.75, 3.05) is 45.9 Å². The molecule has 1 aromatic heterocycles. The summed E-state index contributed by atoms with van der Waals surface area (Å²) in [5, 5.41) is 7.22. The van der Waals surface area contributed by atoms with E-state index in [1.54, 1.807) is 6.26 Å². The number of aliphatic imine (C=N–C) groups is 1. The number of aromatic nitrogens is 1. The predicted octanol–water partition coefficient (Wildman–Crippen LogP) is 1.74. The van der Waals surface area contributed by atoms with Crippen molar-refractivity contribution in [3.05, 3.63) is 18.0 Å². The van der Waals surface area contributed by atoms with Gasteiger partial charge in [0.05, 0.1) is 12.4 Å². The predicted molar refractivity (Wildman–Crippen MR) is 95.3 cm³/mol. The first-order valence-electron chi connectivity index (χ1n) is 7.54. The van der Waals surface area contributed by atoms with Crippen LogP contribution in [0.15, 0.2) is 21.8 Å². The molecule has 0 bridgehead atoms. The highest BCUT2D eigenvalue weighted by Gasteiger charge is 2.20. The highest BCUT2D eigenvalue weighted by molar-refractivity contribution is 14.0. The Kier molecular flexibility index (Phi) is 9.37. The highest BCUT2D eigenvalue weighted by Crippen LogP contribution is 2.07. The van der Waals surface area contributed by atoms with Crippen molar-refractivity contribution in [2.45, 2.75) is 19.9 Å². The van der Waals surface area contributed by atoms with Crippen LogP contribution >= 0.6 is 24.0 Å². The van der Waals surface area contributed by atoms with Crippen molar-refractivity contribution < 1.29 is 8.91 Å². The summed E-state index contributed by atoms with van der Waals surface area (Å²) in [6, 6.07) is 1.90. The molecule has 0 amide bonds. The molecule has 1 aliphatic rings. The second kappa shape index (κ2) is 10.8. The van der Waals surface area contributed by atoms with Crippen LogP contribution < -0.4 is 5.32 Å². The Bertz CT molecular complexity index is 421. The molecule has 1 aromatic rings. The third kappa shape index (κ3) is 6.07. The Morgan fingerprint density at radius 2 is 2.18 bits per heavy atom. The Balaban J connectivity index is 0.00000242. The summed E-state index contributed by atoms with van der Waals surface area (Å²) in [6.07, 6.45) is 2.09. The minimum Gasteiger partial charge on any atom is -0.364 e. The lowest BCUT2D eigenvalue weighted by molar-refractivity contribution is 0.169. The third-order valence-corrected chi connectivity index (χ3v) is 3.44. The molecule has 0 atom stereocenters. The highest BCUT2D eigenvalue weighted by atomic mass is 127. The van der Waals surface area contributed by atoms with E-state index in [0.29, 0.717) is 13.0 Å². The number of guanidine groups is 1. The van der Waals surface area contributed by atoms with Gasteiger partial charge in [0, 0.05) is 51.9 Å². The number of nitrogens with one attached hydrogen (secondary N) is 1. The van der Waals surface area contributed by atoms with Crippen LogP contribution in [0.1, 0.15) is 19.0 Å². The quantitative estimate of drug-likeness (QED) is 0.326. The van der Waals surface area contributed by atoms with E-state index in [9.17, 15) is 4.39 Å². The van der Waals surface area contributed by atoms with Gasteiger partial charge in [-0.2, -0.15) is 0 Å². The molecule has 1 N–H and O–H groups in total. The van der Waals surface area contributed by atoms with Crippen LogP contribution in [0.4, 0.5) is 4.39 Å². The van der Waals surface area contributed by atoms with Gasteiger partial charge in [0.2, 0.25) is 0 Å². The fourth-order valence-electron chi connectivity index (χ4n) is 2.34. The molecule has 0 unspecified atom stereocenters. The molecule has 1 saturated heterocycles. The minimum atomic E-state index is -0.311. The molecule has 0 saturated carbocycles. The van der Waals surface area contributed by atoms with Crippen LogP contribution in [0.5, 0.6) is 0 Å². The van der Waals surface area contributed by atoms with E-state index in [2.05, 4.69) is 25.3 Å². The van der Waals surface area contributed by atoms with E-state index >= 15 is 0 Å². The summed E-state index contributed by atoms with van der Waals surface area (Å²) in [5.74, 6) is 0.895. The maximum absolute atomic E-state index is 12.2. The smallest absolute Gasteiger partial charge is 0.194 e. The Morgan fingerprint density at radius 3 is 2.77 bits per heavy atom. The van der Waals surface area contributed by atoms with Crippen LogP contribution in [0.3, 0.4) is 0 Å². The Morgan fingerprint density at radius 1 is 1.41 bits per heavy atom. The molecule has 126 valence electrons. The standard InChI is InChI=1S/C14H24FN5O.HI/c1-2-16-14(17-6-3-5-15)20-9-7-19(8-10-20)12-13-4-11-21-18-13;/h4,11H,2-3,5-10,12H2,1H3,(H,16,17);1H. The van der Waals surface area contributed by atoms with Gasteiger partial charge >= 0.3 is 0 Å². The van der Waals surface area contributed by atoms with Crippen molar-refractivity contribution in [2.24, 2.45) is 4.99 Å². The number of piperazine rings is 1. The molecule has 1 aliphatic heterocycles. The van der Waals surface area contributed by atoms with Crippen molar-refractivity contribution in [1.29, 1.82) is 0 Å². The van der Waals surface area contributed by atoms with E-state index in [1.165, 1.54) is 0 Å². The van der Waals surface area contributed by atoms with Gasteiger partial charge in [-0.05, 0) is 13.3 Å². The molecule has 8 heteroatoms. The lowest BCUT2D eigenvalue weighted by Gasteiger charge is -2.36. The maximum Gasteiger partial charge on any atom is 0.194 e. The zero-order valence-electron chi connectivity index (χ0n) is 13.0. The first kappa shape index (κ1) is 19.1.